The number of rotatable bonds is 3. The van der Waals surface area contributed by atoms with Gasteiger partial charge in [0.1, 0.15) is 11.6 Å². The van der Waals surface area contributed by atoms with Gasteiger partial charge in [-0.1, -0.05) is 29.3 Å². The van der Waals surface area contributed by atoms with Crippen molar-refractivity contribution in [2.75, 3.05) is 6.61 Å². The first kappa shape index (κ1) is 14.4. The van der Waals surface area contributed by atoms with E-state index < -0.39 is 11.9 Å². The number of fused-ring (bicyclic) bond motifs is 1. The van der Waals surface area contributed by atoms with E-state index in [1.165, 1.54) is 6.07 Å². The molecule has 110 valence electrons. The van der Waals surface area contributed by atoms with E-state index in [1.54, 1.807) is 18.2 Å². The average molecular weight is 307 g/mol. The molecule has 1 heterocycles. The van der Waals surface area contributed by atoms with Crippen LogP contribution >= 0.6 is 11.6 Å². The molecule has 0 fully saturated rings. The molecular weight excluding hydrogens is 291 g/mol. The molecule has 2 aromatic carbocycles. The summed E-state index contributed by atoms with van der Waals surface area (Å²) in [6.45, 7) is 2.49. The highest BCUT2D eigenvalue weighted by atomic mass is 35.5. The molecule has 1 aliphatic heterocycles. The molecule has 0 amide bonds. The molecule has 0 bridgehead atoms. The van der Waals surface area contributed by atoms with Gasteiger partial charge in [0.2, 0.25) is 0 Å². The van der Waals surface area contributed by atoms with Crippen LogP contribution in [0.3, 0.4) is 0 Å². The lowest BCUT2D eigenvalue weighted by molar-refractivity contribution is 0.172. The minimum absolute atomic E-state index is 0.281. The summed E-state index contributed by atoms with van der Waals surface area (Å²) in [5, 5.41) is 11.0. The smallest absolute Gasteiger partial charge is 0.129 e. The van der Waals surface area contributed by atoms with Crippen LogP contribution in [0.4, 0.5) is 4.39 Å². The van der Waals surface area contributed by atoms with Crippen LogP contribution < -0.4 is 4.74 Å². The fraction of sp³-hybridized carbons (Fsp3) is 0.294. The monoisotopic (exact) mass is 306 g/mol. The Morgan fingerprint density at radius 3 is 2.95 bits per heavy atom. The first-order chi connectivity index (χ1) is 10.0. The Labute approximate surface area is 128 Å². The molecule has 0 spiro atoms. The Kier molecular flexibility index (Phi) is 3.87. The molecule has 2 nitrogen and oxygen atoms in total. The lowest BCUT2D eigenvalue weighted by atomic mass is 9.97. The van der Waals surface area contributed by atoms with Crippen molar-refractivity contribution in [1.82, 2.24) is 0 Å². The SMILES string of the molecule is Cc1ccc(F)c(C(O)Cc2cc(Cl)cc3c2OCC3)c1. The zero-order chi connectivity index (χ0) is 15.0. The lowest BCUT2D eigenvalue weighted by Crippen LogP contribution is -2.06. The van der Waals surface area contributed by atoms with E-state index in [0.29, 0.717) is 17.2 Å². The van der Waals surface area contributed by atoms with Crippen LogP contribution in [0.15, 0.2) is 30.3 Å². The minimum atomic E-state index is -0.920. The Morgan fingerprint density at radius 1 is 1.33 bits per heavy atom. The zero-order valence-electron chi connectivity index (χ0n) is 11.7. The highest BCUT2D eigenvalue weighted by molar-refractivity contribution is 6.30. The molecule has 4 heteroatoms. The summed E-state index contributed by atoms with van der Waals surface area (Å²) in [6, 6.07) is 8.40. The lowest BCUT2D eigenvalue weighted by Gasteiger charge is -2.15. The molecule has 0 radical (unpaired) electrons. The first-order valence-corrected chi connectivity index (χ1v) is 7.30. The van der Waals surface area contributed by atoms with E-state index in [2.05, 4.69) is 0 Å². The van der Waals surface area contributed by atoms with Crippen LogP contribution in [-0.2, 0) is 12.8 Å². The summed E-state index contributed by atoms with van der Waals surface area (Å²) in [5.74, 6) is 0.388. The normalized spacial score (nSPS) is 14.7. The number of aliphatic hydroxyl groups is 1. The maximum atomic E-state index is 13.9. The largest absolute Gasteiger partial charge is 0.493 e. The van der Waals surface area contributed by atoms with Gasteiger partial charge in [-0.05, 0) is 36.2 Å². The van der Waals surface area contributed by atoms with Crippen molar-refractivity contribution in [3.8, 4) is 5.75 Å². The van der Waals surface area contributed by atoms with Gasteiger partial charge < -0.3 is 9.84 Å². The Morgan fingerprint density at radius 2 is 2.14 bits per heavy atom. The summed E-state index contributed by atoms with van der Waals surface area (Å²) in [4.78, 5) is 0. The summed E-state index contributed by atoms with van der Waals surface area (Å²) < 4.78 is 19.5. The van der Waals surface area contributed by atoms with Crippen LogP contribution in [0.1, 0.15) is 28.4 Å². The van der Waals surface area contributed by atoms with Crippen molar-refractivity contribution in [2.45, 2.75) is 25.9 Å². The number of aryl methyl sites for hydroxylation is 1. The van der Waals surface area contributed by atoms with Gasteiger partial charge in [0.05, 0.1) is 12.7 Å². The van der Waals surface area contributed by atoms with Crippen LogP contribution in [-0.4, -0.2) is 11.7 Å². The maximum absolute atomic E-state index is 13.9. The van der Waals surface area contributed by atoms with Gasteiger partial charge in [0.15, 0.2) is 0 Å². The number of benzene rings is 2. The topological polar surface area (TPSA) is 29.5 Å². The van der Waals surface area contributed by atoms with E-state index in [0.717, 1.165) is 28.9 Å². The van der Waals surface area contributed by atoms with Crippen LogP contribution in [0, 0.1) is 12.7 Å². The molecule has 1 N–H and O–H groups in total. The van der Waals surface area contributed by atoms with Crippen molar-refractivity contribution in [2.24, 2.45) is 0 Å². The molecular formula is C17H16ClFO2. The molecule has 2 aromatic rings. The van der Waals surface area contributed by atoms with Crippen molar-refractivity contribution in [1.29, 1.82) is 0 Å². The van der Waals surface area contributed by atoms with E-state index >= 15 is 0 Å². The summed E-state index contributed by atoms with van der Waals surface area (Å²) in [5.41, 5.74) is 3.09. The Balaban J connectivity index is 1.92. The van der Waals surface area contributed by atoms with Gasteiger partial charge >= 0.3 is 0 Å². The van der Waals surface area contributed by atoms with Gasteiger partial charge in [-0.3, -0.25) is 0 Å². The molecule has 1 aliphatic rings. The molecule has 0 saturated heterocycles. The third-order valence-electron chi connectivity index (χ3n) is 3.75. The van der Waals surface area contributed by atoms with Crippen molar-refractivity contribution in [3.63, 3.8) is 0 Å². The number of hydrogen-bond acceptors (Lipinski definition) is 2. The maximum Gasteiger partial charge on any atom is 0.129 e. The standard InChI is InChI=1S/C17H16ClFO2/c1-10-2-3-15(19)14(6-10)16(20)9-12-8-13(18)7-11-4-5-21-17(11)12/h2-3,6-8,16,20H,4-5,9H2,1H3. The van der Waals surface area contributed by atoms with Gasteiger partial charge in [-0.15, -0.1) is 0 Å². The number of aliphatic hydroxyl groups excluding tert-OH is 1. The van der Waals surface area contributed by atoms with Crippen molar-refractivity contribution >= 4 is 11.6 Å². The molecule has 21 heavy (non-hydrogen) atoms. The summed E-state index contributed by atoms with van der Waals surface area (Å²) in [6.07, 6.45) is 0.179. The molecule has 0 aliphatic carbocycles. The second kappa shape index (κ2) is 5.66. The van der Waals surface area contributed by atoms with Crippen LogP contribution in [0.25, 0.3) is 0 Å². The summed E-state index contributed by atoms with van der Waals surface area (Å²) in [7, 11) is 0. The third-order valence-corrected chi connectivity index (χ3v) is 3.97. The third kappa shape index (κ3) is 2.89. The van der Waals surface area contributed by atoms with Crippen molar-refractivity contribution < 1.29 is 14.2 Å². The second-order valence-corrected chi connectivity index (χ2v) is 5.83. The van der Waals surface area contributed by atoms with Crippen LogP contribution in [0.5, 0.6) is 5.75 Å². The molecule has 1 atom stereocenters. The van der Waals surface area contributed by atoms with E-state index in [9.17, 15) is 9.50 Å². The number of halogens is 2. The fourth-order valence-electron chi connectivity index (χ4n) is 2.73. The highest BCUT2D eigenvalue weighted by Crippen LogP contribution is 2.35. The second-order valence-electron chi connectivity index (χ2n) is 5.40. The van der Waals surface area contributed by atoms with Gasteiger partial charge in [-0.2, -0.15) is 0 Å². The Bertz CT molecular complexity index is 685. The van der Waals surface area contributed by atoms with Crippen molar-refractivity contribution in [3.05, 3.63) is 63.4 Å². The van der Waals surface area contributed by atoms with Gasteiger partial charge in [0, 0.05) is 23.4 Å². The predicted molar refractivity (Wildman–Crippen MR) is 80.5 cm³/mol. The quantitative estimate of drug-likeness (QED) is 0.929. The number of hydrogen-bond donors (Lipinski definition) is 1. The van der Waals surface area contributed by atoms with Gasteiger partial charge in [-0.25, -0.2) is 4.39 Å². The van der Waals surface area contributed by atoms with E-state index in [1.807, 2.05) is 13.0 Å². The average Bonchev–Trinajstić information content (AvgIpc) is 2.89. The fourth-order valence-corrected chi connectivity index (χ4v) is 3.00. The molecule has 3 rings (SSSR count). The number of ether oxygens (including phenoxy) is 1. The first-order valence-electron chi connectivity index (χ1n) is 6.93. The van der Waals surface area contributed by atoms with Gasteiger partial charge in [0.25, 0.3) is 0 Å². The van der Waals surface area contributed by atoms with E-state index in [-0.39, 0.29) is 6.42 Å². The van der Waals surface area contributed by atoms with Crippen LogP contribution in [0.2, 0.25) is 5.02 Å². The molecule has 0 saturated carbocycles. The van der Waals surface area contributed by atoms with E-state index in [4.69, 9.17) is 16.3 Å². The molecule has 0 aromatic heterocycles. The zero-order valence-corrected chi connectivity index (χ0v) is 12.5. The minimum Gasteiger partial charge on any atom is -0.493 e. The Hall–Kier alpha value is -1.58. The highest BCUT2D eigenvalue weighted by Gasteiger charge is 2.21. The summed E-state index contributed by atoms with van der Waals surface area (Å²) >= 11 is 6.10. The molecule has 1 unspecified atom stereocenters. The predicted octanol–water partition coefficient (Wildman–Crippen LogP) is 4.00.